The highest BCUT2D eigenvalue weighted by Gasteiger charge is 2.35. The van der Waals surface area contributed by atoms with Crippen LogP contribution in [0, 0.1) is 0 Å². The van der Waals surface area contributed by atoms with Gasteiger partial charge >= 0.3 is 6.18 Å². The van der Waals surface area contributed by atoms with Crippen LogP contribution < -0.4 is 10.0 Å². The van der Waals surface area contributed by atoms with E-state index in [2.05, 4.69) is 10.2 Å². The number of halogens is 5. The van der Waals surface area contributed by atoms with Crippen molar-refractivity contribution < 1.29 is 34.8 Å². The molecule has 1 fully saturated rings. The van der Waals surface area contributed by atoms with E-state index in [4.69, 9.17) is 23.2 Å². The molecule has 0 unspecified atom stereocenters. The van der Waals surface area contributed by atoms with Crippen molar-refractivity contribution in [3.05, 3.63) is 87.4 Å². The number of hydrogen-bond donors (Lipinski definition) is 2. The molecular formula is C27H26Cl2F3N3O5S2. The molecule has 15 heteroatoms. The molecular weight excluding hydrogens is 638 g/mol. The lowest BCUT2D eigenvalue weighted by Gasteiger charge is -2.16. The van der Waals surface area contributed by atoms with Crippen molar-refractivity contribution in [2.75, 3.05) is 30.9 Å². The number of amides is 1. The lowest BCUT2D eigenvalue weighted by Crippen LogP contribution is -2.33. The Hall–Kier alpha value is -2.84. The van der Waals surface area contributed by atoms with Gasteiger partial charge in [0.15, 0.2) is 9.84 Å². The lowest BCUT2D eigenvalue weighted by atomic mass is 10.1. The van der Waals surface area contributed by atoms with Gasteiger partial charge in [-0.15, -0.1) is 0 Å². The number of carbonyl (C=O) groups excluding carboxylic acids is 1. The van der Waals surface area contributed by atoms with E-state index in [9.17, 15) is 34.8 Å². The van der Waals surface area contributed by atoms with Crippen molar-refractivity contribution in [1.82, 2.24) is 10.2 Å². The Labute approximate surface area is 251 Å². The summed E-state index contributed by atoms with van der Waals surface area (Å²) in [5.41, 5.74) is -1.15. The Morgan fingerprint density at radius 1 is 0.905 bits per heavy atom. The van der Waals surface area contributed by atoms with E-state index in [1.165, 1.54) is 30.3 Å². The monoisotopic (exact) mass is 663 g/mol. The van der Waals surface area contributed by atoms with Gasteiger partial charge < -0.3 is 10.2 Å². The maximum Gasteiger partial charge on any atom is 0.417 e. The molecule has 42 heavy (non-hydrogen) atoms. The van der Waals surface area contributed by atoms with Gasteiger partial charge in [0.2, 0.25) is 0 Å². The lowest BCUT2D eigenvalue weighted by molar-refractivity contribution is -0.137. The van der Waals surface area contributed by atoms with Gasteiger partial charge in [0.1, 0.15) is 0 Å². The Bertz CT molecular complexity index is 1680. The van der Waals surface area contributed by atoms with Crippen LogP contribution in [0.3, 0.4) is 0 Å². The third kappa shape index (κ3) is 7.95. The molecule has 4 rings (SSSR count). The van der Waals surface area contributed by atoms with Crippen LogP contribution in [0.15, 0.2) is 70.5 Å². The first kappa shape index (κ1) is 32.1. The molecule has 226 valence electrons. The van der Waals surface area contributed by atoms with Gasteiger partial charge in [-0.1, -0.05) is 35.3 Å². The molecule has 0 aromatic heterocycles. The van der Waals surface area contributed by atoms with Gasteiger partial charge in [0.05, 0.1) is 31.8 Å². The molecule has 0 radical (unpaired) electrons. The number of sulfonamides is 1. The van der Waals surface area contributed by atoms with E-state index in [-0.39, 0.29) is 10.9 Å². The summed E-state index contributed by atoms with van der Waals surface area (Å²) in [6.45, 7) is 3.25. The molecule has 1 aliphatic rings. The van der Waals surface area contributed by atoms with E-state index in [0.717, 1.165) is 56.7 Å². The summed E-state index contributed by atoms with van der Waals surface area (Å²) >= 11 is 11.6. The fraction of sp³-hybridized carbons (Fsp3) is 0.296. The average Bonchev–Trinajstić information content (AvgIpc) is 3.41. The zero-order valence-electron chi connectivity index (χ0n) is 21.9. The van der Waals surface area contributed by atoms with Crippen LogP contribution in [0.2, 0.25) is 10.0 Å². The standard InChI is InChI=1S/C27H26Cl2F3N3O5S2/c28-20-7-10-25(24(15-20)34-42(39,40)21-8-9-23(29)22(16-21)27(30,31)32)41(37,38)17-18-3-5-19(6-4-18)26(36)33-11-14-35-12-1-2-13-35/h3-10,15-16,34H,1-2,11-14,17H2,(H,33,36). The Morgan fingerprint density at radius 2 is 1.57 bits per heavy atom. The molecule has 1 amide bonds. The van der Waals surface area contributed by atoms with Gasteiger partial charge in [-0.3, -0.25) is 9.52 Å². The fourth-order valence-electron chi connectivity index (χ4n) is 4.43. The number of sulfone groups is 1. The van der Waals surface area contributed by atoms with Crippen LogP contribution in [0.1, 0.15) is 34.3 Å². The SMILES string of the molecule is O=C(NCCN1CCCC1)c1ccc(CS(=O)(=O)c2ccc(Cl)cc2NS(=O)(=O)c2ccc(Cl)c(C(F)(F)F)c2)cc1. The summed E-state index contributed by atoms with van der Waals surface area (Å²) in [7, 11) is -8.90. The third-order valence-electron chi connectivity index (χ3n) is 6.56. The van der Waals surface area contributed by atoms with Gasteiger partial charge in [0, 0.05) is 23.7 Å². The van der Waals surface area contributed by atoms with Crippen LogP contribution in [0.5, 0.6) is 0 Å². The maximum absolute atomic E-state index is 13.3. The van der Waals surface area contributed by atoms with Gasteiger partial charge in [-0.05, 0) is 80.0 Å². The van der Waals surface area contributed by atoms with Gasteiger partial charge in [-0.25, -0.2) is 16.8 Å². The Morgan fingerprint density at radius 3 is 2.21 bits per heavy atom. The third-order valence-corrected chi connectivity index (χ3v) is 10.2. The van der Waals surface area contributed by atoms with E-state index >= 15 is 0 Å². The number of nitrogens with one attached hydrogen (secondary N) is 2. The number of hydrogen-bond acceptors (Lipinski definition) is 6. The smallest absolute Gasteiger partial charge is 0.351 e. The largest absolute Gasteiger partial charge is 0.417 e. The first-order chi connectivity index (χ1) is 19.7. The predicted molar refractivity (Wildman–Crippen MR) is 154 cm³/mol. The van der Waals surface area contributed by atoms with Crippen LogP contribution in [-0.4, -0.2) is 53.8 Å². The molecule has 0 atom stereocenters. The minimum atomic E-state index is -4.92. The zero-order chi connectivity index (χ0) is 30.7. The summed E-state index contributed by atoms with van der Waals surface area (Å²) in [5.74, 6) is -0.853. The number of anilines is 1. The van der Waals surface area contributed by atoms with Crippen molar-refractivity contribution in [2.45, 2.75) is 34.6 Å². The van der Waals surface area contributed by atoms with Crippen molar-refractivity contribution in [3.63, 3.8) is 0 Å². The second-order valence-corrected chi connectivity index (χ2v) is 14.1. The summed E-state index contributed by atoms with van der Waals surface area (Å²) in [5, 5.41) is 2.12. The number of benzene rings is 3. The van der Waals surface area contributed by atoms with E-state index in [1.807, 2.05) is 4.72 Å². The molecule has 1 aliphatic heterocycles. The predicted octanol–water partition coefficient (Wildman–Crippen LogP) is 5.61. The fourth-order valence-corrected chi connectivity index (χ4v) is 7.50. The number of carbonyl (C=O) groups is 1. The van der Waals surface area contributed by atoms with Crippen LogP contribution >= 0.6 is 23.2 Å². The first-order valence-corrected chi connectivity index (χ1v) is 16.6. The van der Waals surface area contributed by atoms with Crippen LogP contribution in [-0.2, 0) is 31.8 Å². The second-order valence-electron chi connectivity index (χ2n) is 9.65. The van der Waals surface area contributed by atoms with Crippen LogP contribution in [0.25, 0.3) is 0 Å². The maximum atomic E-state index is 13.3. The van der Waals surface area contributed by atoms with Crippen molar-refractivity contribution >= 4 is 54.7 Å². The number of alkyl halides is 3. The van der Waals surface area contributed by atoms with E-state index in [0.29, 0.717) is 23.7 Å². The van der Waals surface area contributed by atoms with E-state index in [1.54, 1.807) is 0 Å². The van der Waals surface area contributed by atoms with Gasteiger partial charge in [-0.2, -0.15) is 13.2 Å². The second kappa shape index (κ2) is 12.8. The van der Waals surface area contributed by atoms with Crippen molar-refractivity contribution in [3.8, 4) is 0 Å². The molecule has 0 aliphatic carbocycles. The molecule has 0 saturated carbocycles. The topological polar surface area (TPSA) is 113 Å². The molecule has 1 saturated heterocycles. The summed E-state index contributed by atoms with van der Waals surface area (Å²) in [6.07, 6.45) is -2.63. The minimum absolute atomic E-state index is 0.0150. The Kier molecular flexibility index (Phi) is 9.78. The molecule has 3 aromatic rings. The minimum Gasteiger partial charge on any atom is -0.351 e. The highest BCUT2D eigenvalue weighted by Crippen LogP contribution is 2.37. The molecule has 2 N–H and O–H groups in total. The summed E-state index contributed by atoms with van der Waals surface area (Å²) in [6, 6.07) is 11.3. The molecule has 1 heterocycles. The number of likely N-dealkylation sites (tertiary alicyclic amines) is 1. The molecule has 3 aromatic carbocycles. The number of rotatable bonds is 10. The van der Waals surface area contributed by atoms with E-state index < -0.39 is 57.9 Å². The zero-order valence-corrected chi connectivity index (χ0v) is 25.1. The highest BCUT2D eigenvalue weighted by molar-refractivity contribution is 7.93. The average molecular weight is 665 g/mol. The quantitative estimate of drug-likeness (QED) is 0.292. The van der Waals surface area contributed by atoms with Crippen molar-refractivity contribution in [1.29, 1.82) is 0 Å². The normalized spacial score (nSPS) is 14.6. The Balaban J connectivity index is 1.51. The highest BCUT2D eigenvalue weighted by atomic mass is 35.5. The molecule has 0 bridgehead atoms. The molecule has 0 spiro atoms. The van der Waals surface area contributed by atoms with Gasteiger partial charge in [0.25, 0.3) is 15.9 Å². The van der Waals surface area contributed by atoms with Crippen LogP contribution in [0.4, 0.5) is 18.9 Å². The summed E-state index contributed by atoms with van der Waals surface area (Å²) in [4.78, 5) is 13.5. The summed E-state index contributed by atoms with van der Waals surface area (Å²) < 4.78 is 94.6. The molecule has 8 nitrogen and oxygen atoms in total. The first-order valence-electron chi connectivity index (χ1n) is 12.7. The van der Waals surface area contributed by atoms with Crippen molar-refractivity contribution in [2.24, 2.45) is 0 Å². The number of nitrogens with zero attached hydrogens (tertiary/aromatic N) is 1.